The van der Waals surface area contributed by atoms with Crippen LogP contribution in [-0.4, -0.2) is 42.3 Å². The van der Waals surface area contributed by atoms with E-state index in [1.165, 1.54) is 18.2 Å². The normalized spacial score (nSPS) is 25.3. The van der Waals surface area contributed by atoms with Gasteiger partial charge >= 0.3 is 12.4 Å². The van der Waals surface area contributed by atoms with Gasteiger partial charge in [0.05, 0.1) is 12.0 Å². The van der Waals surface area contributed by atoms with Crippen molar-refractivity contribution in [2.45, 2.75) is 74.2 Å². The average molecular weight is 515 g/mol. The highest BCUT2D eigenvalue weighted by Crippen LogP contribution is 2.57. The van der Waals surface area contributed by atoms with Gasteiger partial charge in [-0.25, -0.2) is 0 Å². The van der Waals surface area contributed by atoms with Crippen molar-refractivity contribution in [3.63, 3.8) is 0 Å². The maximum Gasteiger partial charge on any atom is 0.417 e. The van der Waals surface area contributed by atoms with Crippen molar-refractivity contribution in [2.75, 3.05) is 0 Å². The molecule has 0 amide bonds. The quantitative estimate of drug-likeness (QED) is 0.487. The molecule has 7 nitrogen and oxygen atoms in total. The van der Waals surface area contributed by atoms with Gasteiger partial charge in [0.1, 0.15) is 5.82 Å². The minimum atomic E-state index is -4.78. The molecule has 2 aromatic heterocycles. The first-order chi connectivity index (χ1) is 16.8. The molecule has 6 rings (SSSR count). The summed E-state index contributed by atoms with van der Waals surface area (Å²) in [6.45, 7) is 0. The second-order valence-electron chi connectivity index (χ2n) is 9.78. The first kappa shape index (κ1) is 24.7. The second-order valence-corrected chi connectivity index (χ2v) is 9.78. The molecule has 13 heteroatoms. The summed E-state index contributed by atoms with van der Waals surface area (Å²) < 4.78 is 85.3. The van der Waals surface area contributed by atoms with Gasteiger partial charge in [-0.2, -0.15) is 31.3 Å². The van der Waals surface area contributed by atoms with Gasteiger partial charge < -0.3 is 14.2 Å². The molecule has 194 valence electrons. The number of hydrogen-bond acceptors (Lipinski definition) is 6. The minimum Gasteiger partial charge on any atom is -0.383 e. The number of nitrogens with zero attached hydrogens (tertiary/aromatic N) is 5. The Bertz CT molecular complexity index is 1240. The zero-order valence-corrected chi connectivity index (χ0v) is 19.2. The van der Waals surface area contributed by atoms with Gasteiger partial charge in [-0.1, -0.05) is 23.4 Å². The Morgan fingerprint density at radius 2 is 1.58 bits per heavy atom. The van der Waals surface area contributed by atoms with E-state index < -0.39 is 35.9 Å². The van der Waals surface area contributed by atoms with Crippen molar-refractivity contribution in [3.05, 3.63) is 47.4 Å². The number of halogens is 6. The van der Waals surface area contributed by atoms with E-state index in [0.29, 0.717) is 50.2 Å². The number of fused-ring (bicyclic) bond motifs is 3. The second kappa shape index (κ2) is 8.29. The molecule has 3 aliphatic rings. The van der Waals surface area contributed by atoms with Gasteiger partial charge in [-0.15, -0.1) is 10.2 Å². The largest absolute Gasteiger partial charge is 0.417 e. The molecule has 2 heterocycles. The van der Waals surface area contributed by atoms with Gasteiger partial charge in [0, 0.05) is 23.4 Å². The molecule has 3 saturated carbocycles. The molecule has 1 atom stereocenters. The molecule has 0 radical (unpaired) electrons. The van der Waals surface area contributed by atoms with E-state index in [0.717, 1.165) is 6.07 Å². The van der Waals surface area contributed by atoms with Gasteiger partial charge in [0.15, 0.2) is 17.8 Å². The van der Waals surface area contributed by atoms with Crippen LogP contribution in [0.2, 0.25) is 0 Å². The zero-order chi connectivity index (χ0) is 25.9. The van der Waals surface area contributed by atoms with E-state index in [1.807, 2.05) is 0 Å². The van der Waals surface area contributed by atoms with E-state index in [9.17, 15) is 31.4 Å². The monoisotopic (exact) mass is 515 g/mol. The first-order valence-corrected chi connectivity index (χ1v) is 11.5. The lowest BCUT2D eigenvalue weighted by Gasteiger charge is -2.51. The van der Waals surface area contributed by atoms with Crippen molar-refractivity contribution in [2.24, 2.45) is 7.05 Å². The van der Waals surface area contributed by atoms with Crippen LogP contribution in [0.3, 0.4) is 0 Å². The van der Waals surface area contributed by atoms with E-state index in [-0.39, 0.29) is 22.7 Å². The Balaban J connectivity index is 1.37. The lowest BCUT2D eigenvalue weighted by atomic mass is 9.53. The average Bonchev–Trinajstić information content (AvgIpc) is 3.46. The van der Waals surface area contributed by atoms with Crippen molar-refractivity contribution in [1.29, 1.82) is 0 Å². The summed E-state index contributed by atoms with van der Waals surface area (Å²) in [6, 6.07) is 5.26. The predicted molar refractivity (Wildman–Crippen MR) is 113 cm³/mol. The summed E-state index contributed by atoms with van der Waals surface area (Å²) in [5.41, 5.74) is -1.66. The molecule has 1 N–H and O–H groups in total. The highest BCUT2D eigenvalue weighted by molar-refractivity contribution is 5.61. The summed E-state index contributed by atoms with van der Waals surface area (Å²) in [5, 5.41) is 21.7. The summed E-state index contributed by atoms with van der Waals surface area (Å²) in [5.74, 6) is 0.816. The fourth-order valence-electron chi connectivity index (χ4n) is 5.64. The number of hydrogen-bond donors (Lipinski definition) is 1. The number of alkyl halides is 6. The van der Waals surface area contributed by atoms with Crippen LogP contribution in [0, 0.1) is 0 Å². The molecule has 3 aliphatic carbocycles. The predicted octanol–water partition coefficient (Wildman–Crippen LogP) is 4.89. The molecular weight excluding hydrogens is 492 g/mol. The van der Waals surface area contributed by atoms with Gasteiger partial charge in [-0.05, 0) is 44.6 Å². The Hall–Kier alpha value is -2.96. The van der Waals surface area contributed by atoms with Crippen molar-refractivity contribution >= 4 is 0 Å². The van der Waals surface area contributed by atoms with Crippen LogP contribution in [0.5, 0.6) is 0 Å². The van der Waals surface area contributed by atoms with Gasteiger partial charge in [0.2, 0.25) is 5.89 Å². The molecule has 0 saturated heterocycles. The maximum atomic E-state index is 13.6. The molecule has 0 spiro atoms. The highest BCUT2D eigenvalue weighted by atomic mass is 19.4. The number of aliphatic hydroxyl groups is 1. The van der Waals surface area contributed by atoms with Crippen LogP contribution in [0.15, 0.2) is 28.8 Å². The number of aliphatic hydroxyl groups excluding tert-OH is 1. The molecule has 1 aromatic carbocycles. The molecule has 0 aliphatic heterocycles. The van der Waals surface area contributed by atoms with Gasteiger partial charge in [0.25, 0.3) is 0 Å². The molecule has 2 bridgehead atoms. The number of benzene rings is 1. The Kier molecular flexibility index (Phi) is 5.69. The van der Waals surface area contributed by atoms with E-state index in [1.54, 1.807) is 11.6 Å². The lowest BCUT2D eigenvalue weighted by Crippen LogP contribution is -2.48. The van der Waals surface area contributed by atoms with E-state index in [2.05, 4.69) is 20.3 Å². The molecule has 3 aromatic rings. The highest BCUT2D eigenvalue weighted by Gasteiger charge is 2.54. The fourth-order valence-corrected chi connectivity index (χ4v) is 5.64. The topological polar surface area (TPSA) is 89.9 Å². The summed E-state index contributed by atoms with van der Waals surface area (Å²) >= 11 is 0. The molecular formula is C23H23F6N5O2. The van der Waals surface area contributed by atoms with Crippen molar-refractivity contribution in [1.82, 2.24) is 24.9 Å². The van der Waals surface area contributed by atoms with E-state index in [4.69, 9.17) is 4.52 Å². The van der Waals surface area contributed by atoms with Crippen LogP contribution < -0.4 is 0 Å². The summed E-state index contributed by atoms with van der Waals surface area (Å²) in [6.07, 6.45) is -8.90. The molecule has 0 unspecified atom stereocenters. The van der Waals surface area contributed by atoms with Crippen LogP contribution >= 0.6 is 0 Å². The van der Waals surface area contributed by atoms with Crippen molar-refractivity contribution in [3.8, 4) is 11.4 Å². The molecule has 36 heavy (non-hydrogen) atoms. The van der Waals surface area contributed by atoms with Crippen LogP contribution in [0.4, 0.5) is 26.3 Å². The van der Waals surface area contributed by atoms with Crippen LogP contribution in [0.25, 0.3) is 11.4 Å². The minimum absolute atomic E-state index is 0.0380. The number of aromatic nitrogens is 5. The smallest absolute Gasteiger partial charge is 0.383 e. The summed E-state index contributed by atoms with van der Waals surface area (Å²) in [7, 11) is 1.67. The van der Waals surface area contributed by atoms with Crippen LogP contribution in [-0.2, 0) is 30.5 Å². The zero-order valence-electron chi connectivity index (χ0n) is 19.2. The Morgan fingerprint density at radius 1 is 0.972 bits per heavy atom. The van der Waals surface area contributed by atoms with Gasteiger partial charge in [-0.3, -0.25) is 0 Å². The lowest BCUT2D eigenvalue weighted by molar-refractivity contribution is -0.204. The third-order valence-electron chi connectivity index (χ3n) is 7.76. The number of rotatable bonds is 5. The third-order valence-corrected chi connectivity index (χ3v) is 7.76. The SMILES string of the molecule is Cn1c(-c2ccccc2C(F)(F)F)nnc1C12CCC(c3noc(C[C@@H](O)C(F)(F)F)n3)(CC1)CC2. The summed E-state index contributed by atoms with van der Waals surface area (Å²) in [4.78, 5) is 4.17. The Labute approximate surface area is 201 Å². The van der Waals surface area contributed by atoms with Crippen LogP contribution in [0.1, 0.15) is 61.6 Å². The standard InChI is InChI=1S/C23H23F6N5O2/c1-34-17(13-4-2-3-5-14(13)22(24,25)26)31-32-19(34)21-9-6-20(7-10-21,8-11-21)18-30-16(36-33-18)12-15(35)23(27,28)29/h2-5,15,35H,6-12H2,1H3/t15-,20?,21?/m1/s1. The molecule has 3 fully saturated rings. The fraction of sp³-hybridized carbons (Fsp3) is 0.565. The van der Waals surface area contributed by atoms with E-state index >= 15 is 0 Å². The first-order valence-electron chi connectivity index (χ1n) is 11.5. The Morgan fingerprint density at radius 3 is 2.19 bits per heavy atom. The third kappa shape index (κ3) is 4.06. The maximum absolute atomic E-state index is 13.6. The van der Waals surface area contributed by atoms with Crippen molar-refractivity contribution < 1.29 is 36.0 Å².